The van der Waals surface area contributed by atoms with Crippen molar-refractivity contribution in [3.63, 3.8) is 0 Å². The van der Waals surface area contributed by atoms with Gasteiger partial charge in [0, 0.05) is 5.25 Å². The Balaban J connectivity index is 4.01. The SMILES string of the molecule is CC(C)OC(O)C(N)C(S)C(C)C. The van der Waals surface area contributed by atoms with Gasteiger partial charge in [-0.15, -0.1) is 0 Å². The molecule has 0 bridgehead atoms. The van der Waals surface area contributed by atoms with Gasteiger partial charge in [0.15, 0.2) is 6.29 Å². The first kappa shape index (κ1) is 13.2. The van der Waals surface area contributed by atoms with Crippen LogP contribution >= 0.6 is 12.6 Å². The van der Waals surface area contributed by atoms with Gasteiger partial charge < -0.3 is 15.6 Å². The van der Waals surface area contributed by atoms with E-state index in [2.05, 4.69) is 12.6 Å². The predicted octanol–water partition coefficient (Wildman–Crippen LogP) is 1.01. The molecule has 13 heavy (non-hydrogen) atoms. The largest absolute Gasteiger partial charge is 0.367 e. The highest BCUT2D eigenvalue weighted by Gasteiger charge is 2.25. The molecule has 0 spiro atoms. The fourth-order valence-corrected chi connectivity index (χ4v) is 1.13. The smallest absolute Gasteiger partial charge is 0.171 e. The Labute approximate surface area is 86.1 Å². The van der Waals surface area contributed by atoms with E-state index >= 15 is 0 Å². The minimum absolute atomic E-state index is 0.0197. The van der Waals surface area contributed by atoms with Crippen LogP contribution in [0.2, 0.25) is 0 Å². The van der Waals surface area contributed by atoms with Crippen LogP contribution in [-0.4, -0.2) is 28.8 Å². The highest BCUT2D eigenvalue weighted by molar-refractivity contribution is 7.81. The van der Waals surface area contributed by atoms with E-state index in [-0.39, 0.29) is 11.4 Å². The summed E-state index contributed by atoms with van der Waals surface area (Å²) in [5.74, 6) is 0.323. The van der Waals surface area contributed by atoms with E-state index in [0.717, 1.165) is 0 Å². The molecule has 4 heteroatoms. The van der Waals surface area contributed by atoms with Gasteiger partial charge >= 0.3 is 0 Å². The Hall–Kier alpha value is 0.230. The quantitative estimate of drug-likeness (QED) is 0.466. The third kappa shape index (κ3) is 4.86. The molecule has 0 saturated carbocycles. The number of aliphatic hydroxyl groups is 1. The summed E-state index contributed by atoms with van der Waals surface area (Å²) in [6, 6.07) is -0.439. The van der Waals surface area contributed by atoms with Crippen LogP contribution in [0.3, 0.4) is 0 Å². The zero-order valence-electron chi connectivity index (χ0n) is 8.77. The normalized spacial score (nSPS) is 19.2. The van der Waals surface area contributed by atoms with Crippen molar-refractivity contribution in [2.45, 2.75) is 51.4 Å². The summed E-state index contributed by atoms with van der Waals surface area (Å²) in [4.78, 5) is 0. The highest BCUT2D eigenvalue weighted by atomic mass is 32.1. The Morgan fingerprint density at radius 1 is 1.23 bits per heavy atom. The molecule has 0 saturated heterocycles. The molecule has 80 valence electrons. The van der Waals surface area contributed by atoms with Gasteiger partial charge in [-0.1, -0.05) is 13.8 Å². The molecule has 0 aromatic rings. The van der Waals surface area contributed by atoms with Gasteiger partial charge in [-0.2, -0.15) is 12.6 Å². The molecule has 0 aliphatic carbocycles. The molecule has 3 N–H and O–H groups in total. The molecule has 0 rings (SSSR count). The second-order valence-electron chi connectivity index (χ2n) is 3.89. The molecular weight excluding hydrogens is 186 g/mol. The Morgan fingerprint density at radius 3 is 2.00 bits per heavy atom. The van der Waals surface area contributed by atoms with Crippen molar-refractivity contribution in [3.05, 3.63) is 0 Å². The summed E-state index contributed by atoms with van der Waals surface area (Å²) in [5, 5.41) is 9.46. The monoisotopic (exact) mass is 207 g/mol. The van der Waals surface area contributed by atoms with Gasteiger partial charge in [0.2, 0.25) is 0 Å². The van der Waals surface area contributed by atoms with Crippen molar-refractivity contribution in [1.82, 2.24) is 0 Å². The van der Waals surface area contributed by atoms with Crippen LogP contribution in [0.25, 0.3) is 0 Å². The fourth-order valence-electron chi connectivity index (χ4n) is 0.983. The standard InChI is InChI=1S/C9H21NO2S/c1-5(2)8(13)7(10)9(11)12-6(3)4/h5-9,11,13H,10H2,1-4H3. The highest BCUT2D eigenvalue weighted by Crippen LogP contribution is 2.15. The average molecular weight is 207 g/mol. The van der Waals surface area contributed by atoms with Gasteiger partial charge in [-0.25, -0.2) is 0 Å². The number of aliphatic hydroxyl groups excluding tert-OH is 1. The zero-order chi connectivity index (χ0) is 10.6. The summed E-state index contributed by atoms with van der Waals surface area (Å²) in [6.45, 7) is 7.75. The lowest BCUT2D eigenvalue weighted by Crippen LogP contribution is -2.46. The zero-order valence-corrected chi connectivity index (χ0v) is 9.66. The summed E-state index contributed by atoms with van der Waals surface area (Å²) in [6.07, 6.45) is -0.946. The molecule has 0 fully saturated rings. The van der Waals surface area contributed by atoms with Crippen molar-refractivity contribution < 1.29 is 9.84 Å². The number of thiol groups is 1. The Morgan fingerprint density at radius 2 is 1.69 bits per heavy atom. The number of rotatable bonds is 5. The first-order chi connectivity index (χ1) is 5.86. The average Bonchev–Trinajstić information content (AvgIpc) is 2.00. The predicted molar refractivity (Wildman–Crippen MR) is 57.8 cm³/mol. The summed E-state index contributed by atoms with van der Waals surface area (Å²) in [7, 11) is 0. The molecule has 0 amide bonds. The molecule has 0 radical (unpaired) electrons. The number of ether oxygens (including phenoxy) is 1. The molecular formula is C9H21NO2S. The Bertz CT molecular complexity index is 142. The van der Waals surface area contributed by atoms with Gasteiger partial charge in [0.05, 0.1) is 12.1 Å². The third-order valence-corrected chi connectivity index (χ3v) is 2.76. The summed E-state index contributed by atoms with van der Waals surface area (Å²) >= 11 is 4.32. The second kappa shape index (κ2) is 5.86. The van der Waals surface area contributed by atoms with Crippen LogP contribution in [0.15, 0.2) is 0 Å². The summed E-state index contributed by atoms with van der Waals surface area (Å²) < 4.78 is 5.16. The van der Waals surface area contributed by atoms with E-state index in [1.165, 1.54) is 0 Å². The molecule has 3 atom stereocenters. The van der Waals surface area contributed by atoms with Crippen LogP contribution in [0, 0.1) is 5.92 Å². The van der Waals surface area contributed by atoms with E-state index in [1.54, 1.807) is 0 Å². The van der Waals surface area contributed by atoms with Crippen molar-refractivity contribution in [2.75, 3.05) is 0 Å². The Kier molecular flexibility index (Phi) is 5.96. The van der Waals surface area contributed by atoms with Crippen molar-refractivity contribution >= 4 is 12.6 Å². The lowest BCUT2D eigenvalue weighted by Gasteiger charge is -2.27. The minimum atomic E-state index is -0.926. The maximum Gasteiger partial charge on any atom is 0.171 e. The van der Waals surface area contributed by atoms with E-state index in [9.17, 15) is 5.11 Å². The first-order valence-electron chi connectivity index (χ1n) is 4.63. The maximum absolute atomic E-state index is 9.51. The fraction of sp³-hybridized carbons (Fsp3) is 1.00. The van der Waals surface area contributed by atoms with E-state index in [4.69, 9.17) is 10.5 Å². The molecule has 0 heterocycles. The number of hydrogen-bond acceptors (Lipinski definition) is 4. The molecule has 0 aromatic heterocycles. The van der Waals surface area contributed by atoms with Crippen molar-refractivity contribution in [3.8, 4) is 0 Å². The summed E-state index contributed by atoms with van der Waals surface area (Å²) in [5.41, 5.74) is 5.76. The minimum Gasteiger partial charge on any atom is -0.367 e. The van der Waals surface area contributed by atoms with Crippen LogP contribution in [0.5, 0.6) is 0 Å². The van der Waals surface area contributed by atoms with Crippen molar-refractivity contribution in [2.24, 2.45) is 11.7 Å². The third-order valence-electron chi connectivity index (χ3n) is 1.82. The van der Waals surface area contributed by atoms with E-state index in [1.807, 2.05) is 27.7 Å². The number of nitrogens with two attached hydrogens (primary N) is 1. The topological polar surface area (TPSA) is 55.5 Å². The maximum atomic E-state index is 9.51. The molecule has 3 nitrogen and oxygen atoms in total. The van der Waals surface area contributed by atoms with E-state index < -0.39 is 12.3 Å². The van der Waals surface area contributed by atoms with Gasteiger partial charge in [-0.3, -0.25) is 0 Å². The van der Waals surface area contributed by atoms with Gasteiger partial charge in [0.1, 0.15) is 0 Å². The molecule has 0 aliphatic rings. The first-order valence-corrected chi connectivity index (χ1v) is 5.15. The van der Waals surface area contributed by atoms with Crippen LogP contribution in [-0.2, 0) is 4.74 Å². The van der Waals surface area contributed by atoms with Gasteiger partial charge in [0.25, 0.3) is 0 Å². The second-order valence-corrected chi connectivity index (χ2v) is 4.48. The molecule has 3 unspecified atom stereocenters. The van der Waals surface area contributed by atoms with Crippen LogP contribution in [0.1, 0.15) is 27.7 Å². The van der Waals surface area contributed by atoms with Crippen molar-refractivity contribution in [1.29, 1.82) is 0 Å². The van der Waals surface area contributed by atoms with Gasteiger partial charge in [-0.05, 0) is 19.8 Å². The lowest BCUT2D eigenvalue weighted by atomic mass is 10.0. The van der Waals surface area contributed by atoms with E-state index in [0.29, 0.717) is 5.92 Å². The van der Waals surface area contributed by atoms with Crippen LogP contribution in [0.4, 0.5) is 0 Å². The molecule has 0 aliphatic heterocycles. The lowest BCUT2D eigenvalue weighted by molar-refractivity contribution is -0.138. The molecule has 0 aromatic carbocycles. The van der Waals surface area contributed by atoms with Crippen LogP contribution < -0.4 is 5.73 Å². The number of hydrogen-bond donors (Lipinski definition) is 3.